The Hall–Kier alpha value is -2.98. The lowest BCUT2D eigenvalue weighted by molar-refractivity contribution is 0.0105. The van der Waals surface area contributed by atoms with E-state index in [1.165, 1.54) is 6.07 Å². The third-order valence-electron chi connectivity index (χ3n) is 4.79. The molecule has 0 saturated carbocycles. The number of phenolic OH excluding ortho intramolecular Hbond substituents is 2. The Morgan fingerprint density at radius 2 is 1.52 bits per heavy atom. The molecule has 0 aliphatic carbocycles. The summed E-state index contributed by atoms with van der Waals surface area (Å²) in [5, 5.41) is 31.2. The Labute approximate surface area is 145 Å². The molecule has 25 heavy (non-hydrogen) atoms. The van der Waals surface area contributed by atoms with Gasteiger partial charge in [-0.2, -0.15) is 0 Å². The average Bonchev–Trinajstić information content (AvgIpc) is 2.63. The van der Waals surface area contributed by atoms with Gasteiger partial charge in [0.2, 0.25) is 0 Å². The molecule has 4 nitrogen and oxygen atoms in total. The maximum atomic E-state index is 11.8. The largest absolute Gasteiger partial charge is 0.508 e. The Kier molecular flexibility index (Phi) is 3.62. The SMILES string of the molecule is Oc1ccc(C2COc3cc(O)ccc3C2(O)c2ccccc2)cc1. The molecule has 3 N–H and O–H groups in total. The third kappa shape index (κ3) is 2.51. The summed E-state index contributed by atoms with van der Waals surface area (Å²) in [4.78, 5) is 0. The Balaban J connectivity index is 1.93. The summed E-state index contributed by atoms with van der Waals surface area (Å²) in [7, 11) is 0. The van der Waals surface area contributed by atoms with Crippen LogP contribution in [0.3, 0.4) is 0 Å². The van der Waals surface area contributed by atoms with E-state index in [0.717, 1.165) is 11.1 Å². The van der Waals surface area contributed by atoms with Crippen molar-refractivity contribution in [3.8, 4) is 17.2 Å². The van der Waals surface area contributed by atoms with Crippen molar-refractivity contribution in [3.63, 3.8) is 0 Å². The molecule has 0 saturated heterocycles. The highest BCUT2D eigenvalue weighted by Gasteiger charge is 2.46. The Morgan fingerprint density at radius 3 is 2.24 bits per heavy atom. The highest BCUT2D eigenvalue weighted by atomic mass is 16.5. The number of fused-ring (bicyclic) bond motifs is 1. The highest BCUT2D eigenvalue weighted by Crippen LogP contribution is 2.49. The number of aliphatic hydroxyl groups is 1. The Bertz CT molecular complexity index is 890. The summed E-state index contributed by atoms with van der Waals surface area (Å²) >= 11 is 0. The van der Waals surface area contributed by atoms with Crippen molar-refractivity contribution >= 4 is 0 Å². The van der Waals surface area contributed by atoms with Gasteiger partial charge in [0.15, 0.2) is 0 Å². The predicted octanol–water partition coefficient (Wildman–Crippen LogP) is 3.51. The molecule has 126 valence electrons. The minimum atomic E-state index is -1.31. The number of hydrogen-bond donors (Lipinski definition) is 3. The van der Waals surface area contributed by atoms with Crippen LogP contribution in [0.1, 0.15) is 22.6 Å². The first-order valence-electron chi connectivity index (χ1n) is 8.12. The zero-order valence-electron chi connectivity index (χ0n) is 13.5. The second-order valence-electron chi connectivity index (χ2n) is 6.27. The van der Waals surface area contributed by atoms with Gasteiger partial charge in [0, 0.05) is 11.6 Å². The van der Waals surface area contributed by atoms with E-state index in [-0.39, 0.29) is 24.0 Å². The fourth-order valence-corrected chi connectivity index (χ4v) is 3.52. The fraction of sp³-hybridized carbons (Fsp3) is 0.143. The molecule has 1 heterocycles. The van der Waals surface area contributed by atoms with Crippen molar-refractivity contribution in [1.29, 1.82) is 0 Å². The van der Waals surface area contributed by atoms with Crippen LogP contribution in [0.15, 0.2) is 72.8 Å². The maximum Gasteiger partial charge on any atom is 0.129 e. The summed E-state index contributed by atoms with van der Waals surface area (Å²) in [6, 6.07) is 21.0. The van der Waals surface area contributed by atoms with E-state index in [9.17, 15) is 15.3 Å². The fourth-order valence-electron chi connectivity index (χ4n) is 3.52. The minimum absolute atomic E-state index is 0.0947. The molecule has 1 aliphatic rings. The van der Waals surface area contributed by atoms with Gasteiger partial charge in [-0.1, -0.05) is 42.5 Å². The van der Waals surface area contributed by atoms with E-state index in [4.69, 9.17) is 4.74 Å². The standard InChI is InChI=1S/C21H18O4/c22-16-8-6-14(7-9-16)19-13-25-20-12-17(23)10-11-18(20)21(19,24)15-4-2-1-3-5-15/h1-12,19,22-24H,13H2. The third-order valence-corrected chi connectivity index (χ3v) is 4.79. The second-order valence-corrected chi connectivity index (χ2v) is 6.27. The smallest absolute Gasteiger partial charge is 0.129 e. The van der Waals surface area contributed by atoms with Crippen LogP contribution in [-0.2, 0) is 5.60 Å². The first-order chi connectivity index (χ1) is 12.1. The molecule has 0 aromatic heterocycles. The molecule has 0 fully saturated rings. The minimum Gasteiger partial charge on any atom is -0.508 e. The van der Waals surface area contributed by atoms with Crippen LogP contribution in [0.5, 0.6) is 17.2 Å². The van der Waals surface area contributed by atoms with Crippen LogP contribution in [0.4, 0.5) is 0 Å². The summed E-state index contributed by atoms with van der Waals surface area (Å²) in [6.07, 6.45) is 0. The molecule has 2 atom stereocenters. The lowest BCUT2D eigenvalue weighted by Gasteiger charge is -2.42. The quantitative estimate of drug-likeness (QED) is 0.671. The van der Waals surface area contributed by atoms with Crippen molar-refractivity contribution in [2.45, 2.75) is 11.5 Å². The van der Waals surface area contributed by atoms with E-state index >= 15 is 0 Å². The predicted molar refractivity (Wildman–Crippen MR) is 93.9 cm³/mol. The molecule has 0 amide bonds. The molecule has 3 aromatic carbocycles. The molecule has 0 spiro atoms. The molecular weight excluding hydrogens is 316 g/mol. The van der Waals surface area contributed by atoms with Crippen LogP contribution in [-0.4, -0.2) is 21.9 Å². The first-order valence-corrected chi connectivity index (χ1v) is 8.12. The van der Waals surface area contributed by atoms with Gasteiger partial charge in [-0.05, 0) is 35.4 Å². The second kappa shape index (κ2) is 5.83. The molecular formula is C21H18O4. The van der Waals surface area contributed by atoms with E-state index in [1.54, 1.807) is 36.4 Å². The topological polar surface area (TPSA) is 69.9 Å². The zero-order valence-corrected chi connectivity index (χ0v) is 13.5. The zero-order chi connectivity index (χ0) is 17.4. The summed E-state index contributed by atoms with van der Waals surface area (Å²) in [5.41, 5.74) is 0.923. The van der Waals surface area contributed by atoms with Gasteiger partial charge in [-0.3, -0.25) is 0 Å². The molecule has 0 bridgehead atoms. The molecule has 2 unspecified atom stereocenters. The normalized spacial score (nSPS) is 22.0. The van der Waals surface area contributed by atoms with Crippen LogP contribution in [0.2, 0.25) is 0 Å². The first kappa shape index (κ1) is 15.5. The van der Waals surface area contributed by atoms with E-state index in [0.29, 0.717) is 11.3 Å². The summed E-state index contributed by atoms with van der Waals surface area (Å²) < 4.78 is 5.84. The van der Waals surface area contributed by atoms with E-state index in [2.05, 4.69) is 0 Å². The van der Waals surface area contributed by atoms with Crippen molar-refractivity contribution < 1.29 is 20.1 Å². The van der Waals surface area contributed by atoms with Gasteiger partial charge in [0.1, 0.15) is 22.8 Å². The summed E-state index contributed by atoms with van der Waals surface area (Å²) in [5.74, 6) is 0.389. The monoisotopic (exact) mass is 334 g/mol. The van der Waals surface area contributed by atoms with Gasteiger partial charge < -0.3 is 20.1 Å². The van der Waals surface area contributed by atoms with Crippen LogP contribution in [0, 0.1) is 0 Å². The van der Waals surface area contributed by atoms with Crippen LogP contribution in [0.25, 0.3) is 0 Å². The molecule has 1 aliphatic heterocycles. The number of ether oxygens (including phenoxy) is 1. The van der Waals surface area contributed by atoms with Crippen molar-refractivity contribution in [1.82, 2.24) is 0 Å². The van der Waals surface area contributed by atoms with Crippen molar-refractivity contribution in [3.05, 3.63) is 89.5 Å². The maximum absolute atomic E-state index is 11.8. The van der Waals surface area contributed by atoms with Gasteiger partial charge in [0.25, 0.3) is 0 Å². The lowest BCUT2D eigenvalue weighted by Crippen LogP contribution is -2.41. The number of phenols is 2. The van der Waals surface area contributed by atoms with Crippen molar-refractivity contribution in [2.24, 2.45) is 0 Å². The molecule has 4 heteroatoms. The van der Waals surface area contributed by atoms with Gasteiger partial charge >= 0.3 is 0 Å². The van der Waals surface area contributed by atoms with Crippen LogP contribution >= 0.6 is 0 Å². The molecule has 3 aromatic rings. The number of rotatable bonds is 2. The highest BCUT2D eigenvalue weighted by molar-refractivity contribution is 5.52. The van der Waals surface area contributed by atoms with E-state index < -0.39 is 5.60 Å². The van der Waals surface area contributed by atoms with Gasteiger partial charge in [-0.25, -0.2) is 0 Å². The Morgan fingerprint density at radius 1 is 0.840 bits per heavy atom. The molecule has 4 rings (SSSR count). The number of hydrogen-bond acceptors (Lipinski definition) is 4. The number of benzene rings is 3. The van der Waals surface area contributed by atoms with Gasteiger partial charge in [-0.15, -0.1) is 0 Å². The van der Waals surface area contributed by atoms with Crippen molar-refractivity contribution in [2.75, 3.05) is 6.61 Å². The molecule has 0 radical (unpaired) electrons. The van der Waals surface area contributed by atoms with Crippen LogP contribution < -0.4 is 4.74 Å². The van der Waals surface area contributed by atoms with E-state index in [1.807, 2.05) is 30.3 Å². The lowest BCUT2D eigenvalue weighted by atomic mass is 9.72. The number of aromatic hydroxyl groups is 2. The summed E-state index contributed by atoms with van der Waals surface area (Å²) in [6.45, 7) is 0.257. The average molecular weight is 334 g/mol. The van der Waals surface area contributed by atoms with Gasteiger partial charge in [0.05, 0.1) is 12.5 Å².